The molecule has 0 saturated heterocycles. The van der Waals surface area contributed by atoms with Gasteiger partial charge in [0.25, 0.3) is 6.04 Å². The minimum absolute atomic E-state index is 0.0294. The minimum Gasteiger partial charge on any atom is -0.493 e. The molecule has 0 aliphatic rings. The highest BCUT2D eigenvalue weighted by atomic mass is 16.6. The SMILES string of the molecule is CCC(C)C(C#N)(CCC(OC(C)=O)C(Cc1ccc(OC)c(OC)c1)[N+](=O)[O-])c1cc(OC)c(OC)c(OC)c1. The molecule has 11 heteroatoms. The highest BCUT2D eigenvalue weighted by molar-refractivity contribution is 5.66. The van der Waals surface area contributed by atoms with Crippen LogP contribution in [0.1, 0.15) is 51.2 Å². The summed E-state index contributed by atoms with van der Waals surface area (Å²) in [6.07, 6.45) is -0.252. The van der Waals surface area contributed by atoms with Crippen LogP contribution in [0.4, 0.5) is 0 Å². The number of nitrogens with zero attached hydrogens (tertiary/aromatic N) is 2. The molecule has 0 aliphatic carbocycles. The fourth-order valence-corrected chi connectivity index (χ4v) is 5.10. The summed E-state index contributed by atoms with van der Waals surface area (Å²) in [6.45, 7) is 5.13. The van der Waals surface area contributed by atoms with Crippen molar-refractivity contribution >= 4 is 5.97 Å². The Morgan fingerprint density at radius 1 is 0.976 bits per heavy atom. The van der Waals surface area contributed by atoms with Crippen LogP contribution in [0.3, 0.4) is 0 Å². The van der Waals surface area contributed by atoms with E-state index in [4.69, 9.17) is 28.4 Å². The van der Waals surface area contributed by atoms with Gasteiger partial charge in [-0.05, 0) is 54.2 Å². The molecule has 41 heavy (non-hydrogen) atoms. The maximum Gasteiger partial charge on any atom is 0.303 e. The molecule has 0 spiro atoms. The highest BCUT2D eigenvalue weighted by Crippen LogP contribution is 2.46. The molecule has 0 aromatic heterocycles. The molecule has 2 aromatic carbocycles. The standard InChI is InChI=1S/C30H40N2O9/c1-9-19(2)30(18-31,22-16-27(38-6)29(40-8)28(17-22)39-7)13-12-24(41-20(3)33)23(32(34)35)14-21-10-11-25(36-4)26(15-21)37-5/h10-11,15-17,19,23-24H,9,12-14H2,1-8H3. The van der Waals surface area contributed by atoms with Crippen LogP contribution < -0.4 is 23.7 Å². The quantitative estimate of drug-likeness (QED) is 0.151. The number of hydrogen-bond donors (Lipinski definition) is 0. The molecular weight excluding hydrogens is 532 g/mol. The zero-order valence-electron chi connectivity index (χ0n) is 25.0. The molecule has 0 bridgehead atoms. The lowest BCUT2D eigenvalue weighted by molar-refractivity contribution is -0.533. The number of carbonyl (C=O) groups excluding carboxylic acids is 1. The van der Waals surface area contributed by atoms with Gasteiger partial charge in [-0.25, -0.2) is 0 Å². The van der Waals surface area contributed by atoms with Gasteiger partial charge in [-0.15, -0.1) is 0 Å². The Kier molecular flexibility index (Phi) is 12.1. The van der Waals surface area contributed by atoms with Crippen LogP contribution in [0.15, 0.2) is 30.3 Å². The van der Waals surface area contributed by atoms with Gasteiger partial charge < -0.3 is 28.4 Å². The second-order valence-electron chi connectivity index (χ2n) is 9.74. The Morgan fingerprint density at radius 3 is 2.00 bits per heavy atom. The lowest BCUT2D eigenvalue weighted by atomic mass is 9.67. The van der Waals surface area contributed by atoms with E-state index in [-0.39, 0.29) is 25.2 Å². The second kappa shape index (κ2) is 15.0. The first-order chi connectivity index (χ1) is 19.5. The number of hydrogen-bond acceptors (Lipinski definition) is 10. The molecule has 0 heterocycles. The summed E-state index contributed by atoms with van der Waals surface area (Å²) in [4.78, 5) is 24.0. The molecule has 0 N–H and O–H groups in total. The Bertz CT molecular complexity index is 1220. The Hall–Kier alpha value is -4.20. The van der Waals surface area contributed by atoms with Crippen molar-refractivity contribution in [2.24, 2.45) is 5.92 Å². The number of ether oxygens (including phenoxy) is 6. The van der Waals surface area contributed by atoms with E-state index >= 15 is 0 Å². The van der Waals surface area contributed by atoms with E-state index in [2.05, 4.69) is 6.07 Å². The summed E-state index contributed by atoms with van der Waals surface area (Å²) in [6, 6.07) is 9.70. The maximum absolute atomic E-state index is 12.3. The van der Waals surface area contributed by atoms with Crippen molar-refractivity contribution in [3.63, 3.8) is 0 Å². The van der Waals surface area contributed by atoms with Crippen molar-refractivity contribution in [3.05, 3.63) is 51.6 Å². The minimum atomic E-state index is -1.27. The Balaban J connectivity index is 2.56. The summed E-state index contributed by atoms with van der Waals surface area (Å²) in [5.74, 6) is 1.26. The van der Waals surface area contributed by atoms with Gasteiger partial charge in [0.1, 0.15) is 0 Å². The topological polar surface area (TPSA) is 139 Å². The van der Waals surface area contributed by atoms with Crippen molar-refractivity contribution in [2.45, 2.75) is 64.0 Å². The summed E-state index contributed by atoms with van der Waals surface area (Å²) in [5, 5.41) is 23.0. The Labute approximate surface area is 241 Å². The summed E-state index contributed by atoms with van der Waals surface area (Å²) in [5.41, 5.74) is 0.118. The van der Waals surface area contributed by atoms with Gasteiger partial charge in [-0.3, -0.25) is 14.9 Å². The van der Waals surface area contributed by atoms with Gasteiger partial charge in [-0.1, -0.05) is 26.3 Å². The van der Waals surface area contributed by atoms with Crippen LogP contribution in [-0.4, -0.2) is 58.6 Å². The molecule has 2 aromatic rings. The van der Waals surface area contributed by atoms with Crippen molar-refractivity contribution in [1.29, 1.82) is 5.26 Å². The fourth-order valence-electron chi connectivity index (χ4n) is 5.10. The first-order valence-electron chi connectivity index (χ1n) is 13.3. The predicted octanol–water partition coefficient (Wildman–Crippen LogP) is 5.14. The molecule has 0 radical (unpaired) electrons. The van der Waals surface area contributed by atoms with E-state index in [0.29, 0.717) is 46.3 Å². The van der Waals surface area contributed by atoms with Gasteiger partial charge in [-0.2, -0.15) is 5.26 Å². The van der Waals surface area contributed by atoms with Crippen LogP contribution in [0.25, 0.3) is 0 Å². The third kappa shape index (κ3) is 7.51. The van der Waals surface area contributed by atoms with Crippen molar-refractivity contribution < 1.29 is 38.1 Å². The molecule has 0 fully saturated rings. The van der Waals surface area contributed by atoms with Crippen molar-refractivity contribution in [1.82, 2.24) is 0 Å². The van der Waals surface area contributed by atoms with E-state index in [1.54, 1.807) is 30.3 Å². The molecule has 4 unspecified atom stereocenters. The fraction of sp³-hybridized carbons (Fsp3) is 0.533. The molecule has 0 saturated carbocycles. The lowest BCUT2D eigenvalue weighted by Crippen LogP contribution is -2.41. The molecule has 4 atom stereocenters. The monoisotopic (exact) mass is 572 g/mol. The second-order valence-corrected chi connectivity index (χ2v) is 9.74. The molecule has 0 amide bonds. The average Bonchev–Trinajstić information content (AvgIpc) is 2.98. The van der Waals surface area contributed by atoms with Gasteiger partial charge >= 0.3 is 5.97 Å². The van der Waals surface area contributed by atoms with Crippen LogP contribution in [0, 0.1) is 27.4 Å². The van der Waals surface area contributed by atoms with E-state index < -0.39 is 28.5 Å². The number of benzene rings is 2. The first kappa shape index (κ1) is 33.0. The van der Waals surface area contributed by atoms with E-state index in [0.717, 1.165) is 0 Å². The van der Waals surface area contributed by atoms with Crippen LogP contribution >= 0.6 is 0 Å². The number of esters is 1. The zero-order valence-corrected chi connectivity index (χ0v) is 25.0. The number of rotatable bonds is 16. The Morgan fingerprint density at radius 2 is 1.56 bits per heavy atom. The maximum atomic E-state index is 12.3. The van der Waals surface area contributed by atoms with Gasteiger partial charge in [0.2, 0.25) is 5.75 Å². The lowest BCUT2D eigenvalue weighted by Gasteiger charge is -2.35. The molecule has 224 valence electrons. The van der Waals surface area contributed by atoms with Crippen LogP contribution in [0.5, 0.6) is 28.7 Å². The number of nitriles is 1. The van der Waals surface area contributed by atoms with Gasteiger partial charge in [0, 0.05) is 18.3 Å². The molecule has 0 aliphatic heterocycles. The van der Waals surface area contributed by atoms with E-state index in [1.165, 1.54) is 42.5 Å². The van der Waals surface area contributed by atoms with E-state index in [1.807, 2.05) is 13.8 Å². The normalized spacial score (nSPS) is 14.4. The number of nitro groups is 1. The van der Waals surface area contributed by atoms with E-state index in [9.17, 15) is 20.2 Å². The summed E-state index contributed by atoms with van der Waals surface area (Å²) < 4.78 is 32.7. The number of methoxy groups -OCH3 is 5. The van der Waals surface area contributed by atoms with Gasteiger partial charge in [0.05, 0.1) is 47.0 Å². The van der Waals surface area contributed by atoms with Crippen LogP contribution in [-0.2, 0) is 21.4 Å². The summed E-state index contributed by atoms with van der Waals surface area (Å²) >= 11 is 0. The molecule has 11 nitrogen and oxygen atoms in total. The smallest absolute Gasteiger partial charge is 0.303 e. The first-order valence-corrected chi connectivity index (χ1v) is 13.3. The zero-order chi connectivity index (χ0) is 30.7. The molecule has 2 rings (SSSR count). The van der Waals surface area contributed by atoms with Crippen LogP contribution in [0.2, 0.25) is 0 Å². The van der Waals surface area contributed by atoms with Crippen molar-refractivity contribution in [3.8, 4) is 34.8 Å². The molecular formula is C30H40N2O9. The number of carbonyl (C=O) groups is 1. The van der Waals surface area contributed by atoms with Gasteiger partial charge in [0.15, 0.2) is 29.1 Å². The van der Waals surface area contributed by atoms with Crippen molar-refractivity contribution in [2.75, 3.05) is 35.5 Å². The highest BCUT2D eigenvalue weighted by Gasteiger charge is 2.42. The summed E-state index contributed by atoms with van der Waals surface area (Å²) in [7, 11) is 7.45. The average molecular weight is 573 g/mol. The third-order valence-corrected chi connectivity index (χ3v) is 7.57. The largest absolute Gasteiger partial charge is 0.493 e. The predicted molar refractivity (Wildman–Crippen MR) is 152 cm³/mol. The third-order valence-electron chi connectivity index (χ3n) is 7.57.